The second-order valence-electron chi connectivity index (χ2n) is 15.2. The van der Waals surface area contributed by atoms with Crippen molar-refractivity contribution in [1.82, 2.24) is 14.5 Å². The number of fused-ring (bicyclic) bond motifs is 7. The molecule has 9 aromatic carbocycles. The monoisotopic (exact) mass is 789 g/mol. The summed E-state index contributed by atoms with van der Waals surface area (Å²) >= 11 is 5.52. The van der Waals surface area contributed by atoms with Crippen molar-refractivity contribution >= 4 is 138 Å². The lowest BCUT2D eigenvalue weighted by Gasteiger charge is -2.15. The van der Waals surface area contributed by atoms with Crippen LogP contribution in [0.2, 0.25) is 0 Å². The fourth-order valence-electron chi connectivity index (χ4n) is 9.68. The predicted molar refractivity (Wildman–Crippen MR) is 252 cm³/mol. The summed E-state index contributed by atoms with van der Waals surface area (Å²) in [4.78, 5) is 11.0. The molecule has 0 atom stereocenters. The van der Waals surface area contributed by atoms with E-state index in [1.54, 1.807) is 11.3 Å². The van der Waals surface area contributed by atoms with Crippen molar-refractivity contribution in [3.8, 4) is 28.3 Å². The summed E-state index contributed by atoms with van der Waals surface area (Å²) in [7, 11) is 0. The van der Waals surface area contributed by atoms with Crippen LogP contribution in [0.3, 0.4) is 0 Å². The quantitative estimate of drug-likeness (QED) is 0.178. The lowest BCUT2D eigenvalue weighted by atomic mass is 10.00. The lowest BCUT2D eigenvalue weighted by molar-refractivity contribution is 1.20. The van der Waals surface area contributed by atoms with Gasteiger partial charge in [-0.05, 0) is 70.8 Å². The topological polar surface area (TPSA) is 30.7 Å². The number of rotatable bonds is 3. The van der Waals surface area contributed by atoms with Crippen molar-refractivity contribution in [1.29, 1.82) is 0 Å². The van der Waals surface area contributed by atoms with Gasteiger partial charge in [0, 0.05) is 77.7 Å². The van der Waals surface area contributed by atoms with Gasteiger partial charge in [-0.2, -0.15) is 0 Å². The SMILES string of the molecule is c1ccc2c(c1)sc1cc(-c3nc(-c4ccc(-n5c6ccc7cccc8sc9cccc%10ccc5c(c%109)c6c78)c5ccccc45)nc4c3sc3ccccc34)ccc12. The second kappa shape index (κ2) is 11.5. The van der Waals surface area contributed by atoms with E-state index in [1.165, 1.54) is 88.4 Å². The third-order valence-electron chi connectivity index (χ3n) is 12.2. The first-order chi connectivity index (χ1) is 28.7. The van der Waals surface area contributed by atoms with Gasteiger partial charge in [0.15, 0.2) is 5.82 Å². The number of benzene rings is 9. The molecular weight excluding hydrogens is 763 g/mol. The largest absolute Gasteiger partial charge is 0.309 e. The van der Waals surface area contributed by atoms with E-state index < -0.39 is 0 Å². The average Bonchev–Trinajstić information content (AvgIpc) is 3.92. The minimum Gasteiger partial charge on any atom is -0.309 e. The molecule has 14 rings (SSSR count). The van der Waals surface area contributed by atoms with Crippen molar-refractivity contribution in [3.63, 3.8) is 0 Å². The van der Waals surface area contributed by atoms with Gasteiger partial charge < -0.3 is 4.57 Å². The van der Waals surface area contributed by atoms with Gasteiger partial charge in [0.05, 0.1) is 32.6 Å². The van der Waals surface area contributed by atoms with Crippen molar-refractivity contribution in [3.05, 3.63) is 164 Å². The van der Waals surface area contributed by atoms with Crippen LogP contribution >= 0.6 is 34.0 Å². The molecule has 5 aromatic heterocycles. The van der Waals surface area contributed by atoms with E-state index in [-0.39, 0.29) is 0 Å². The van der Waals surface area contributed by atoms with Crippen LogP contribution in [-0.4, -0.2) is 14.5 Å². The highest BCUT2D eigenvalue weighted by Crippen LogP contribution is 2.48. The van der Waals surface area contributed by atoms with E-state index in [9.17, 15) is 0 Å². The highest BCUT2D eigenvalue weighted by atomic mass is 32.1. The van der Waals surface area contributed by atoms with Gasteiger partial charge in [-0.1, -0.05) is 109 Å². The molecule has 0 saturated heterocycles. The highest BCUT2D eigenvalue weighted by molar-refractivity contribution is 7.26. The van der Waals surface area contributed by atoms with Gasteiger partial charge in [-0.3, -0.25) is 0 Å². The molecule has 0 N–H and O–H groups in total. The summed E-state index contributed by atoms with van der Waals surface area (Å²) in [5, 5.41) is 13.9. The van der Waals surface area contributed by atoms with Crippen molar-refractivity contribution in [2.75, 3.05) is 0 Å². The Morgan fingerprint density at radius 1 is 0.397 bits per heavy atom. The Morgan fingerprint density at radius 3 is 1.74 bits per heavy atom. The van der Waals surface area contributed by atoms with Crippen LogP contribution < -0.4 is 0 Å². The van der Waals surface area contributed by atoms with Gasteiger partial charge in [-0.15, -0.1) is 34.0 Å². The zero-order valence-corrected chi connectivity index (χ0v) is 33.1. The number of hydrogen-bond donors (Lipinski definition) is 0. The van der Waals surface area contributed by atoms with Crippen LogP contribution in [0.5, 0.6) is 0 Å². The van der Waals surface area contributed by atoms with Crippen LogP contribution in [0.1, 0.15) is 0 Å². The molecule has 0 bridgehead atoms. The molecule has 0 aliphatic heterocycles. The fourth-order valence-corrected chi connectivity index (χ4v) is 13.2. The molecule has 0 spiro atoms. The van der Waals surface area contributed by atoms with Gasteiger partial charge in [0.25, 0.3) is 0 Å². The number of thiophene rings is 2. The second-order valence-corrected chi connectivity index (χ2v) is 18.4. The third-order valence-corrected chi connectivity index (χ3v) is 15.6. The molecule has 0 saturated carbocycles. The Bertz CT molecular complexity index is 3950. The predicted octanol–water partition coefficient (Wildman–Crippen LogP) is 15.8. The maximum atomic E-state index is 5.52. The van der Waals surface area contributed by atoms with Crippen LogP contribution in [0.4, 0.5) is 0 Å². The molecule has 6 heteroatoms. The molecule has 14 aromatic rings. The number of aromatic nitrogens is 3. The van der Waals surface area contributed by atoms with Crippen molar-refractivity contribution in [2.45, 2.75) is 0 Å². The summed E-state index contributed by atoms with van der Waals surface area (Å²) in [5.41, 5.74) is 7.72. The standard InChI is InChI=1S/C52H27N3S3/c1-2-12-32-31(11-1)35(23-26-37(32)55-38-24-20-28-9-7-17-42-45(28)47(38)48-39(55)25-21-29-10-8-18-43(57-42)46(29)48)52-53-49(51-50(54-52)36-14-4-6-16-41(36)58-51)30-19-22-34-33-13-3-5-15-40(33)56-44(34)27-30/h1-27H. The molecule has 5 heterocycles. The van der Waals surface area contributed by atoms with Crippen LogP contribution in [0.15, 0.2) is 164 Å². The molecule has 0 radical (unpaired) electrons. The van der Waals surface area contributed by atoms with Crippen LogP contribution in [0, 0.1) is 0 Å². The number of nitrogens with zero attached hydrogens (tertiary/aromatic N) is 3. The normalized spacial score (nSPS) is 12.5. The van der Waals surface area contributed by atoms with Crippen molar-refractivity contribution in [2.24, 2.45) is 0 Å². The third kappa shape index (κ3) is 4.16. The molecule has 0 fully saturated rings. The molecular formula is C52H27N3S3. The minimum atomic E-state index is 0.741. The first kappa shape index (κ1) is 31.4. The first-order valence-electron chi connectivity index (χ1n) is 19.5. The molecule has 0 aliphatic rings. The zero-order chi connectivity index (χ0) is 37.6. The fraction of sp³-hybridized carbons (Fsp3) is 0. The summed E-state index contributed by atoms with van der Waals surface area (Å²) < 4.78 is 10.0. The smallest absolute Gasteiger partial charge is 0.161 e. The van der Waals surface area contributed by atoms with Gasteiger partial charge in [0.2, 0.25) is 0 Å². The van der Waals surface area contributed by atoms with Gasteiger partial charge in [0.1, 0.15) is 0 Å². The highest BCUT2D eigenvalue weighted by Gasteiger charge is 2.23. The summed E-state index contributed by atoms with van der Waals surface area (Å²) in [6.45, 7) is 0. The van der Waals surface area contributed by atoms with E-state index >= 15 is 0 Å². The maximum Gasteiger partial charge on any atom is 0.161 e. The molecule has 58 heavy (non-hydrogen) atoms. The molecule has 3 nitrogen and oxygen atoms in total. The molecule has 0 unspecified atom stereocenters. The Kier molecular flexibility index (Phi) is 6.20. The average molecular weight is 790 g/mol. The Balaban J connectivity index is 1.05. The van der Waals surface area contributed by atoms with E-state index in [2.05, 4.69) is 168 Å². The van der Waals surface area contributed by atoms with Crippen molar-refractivity contribution < 1.29 is 0 Å². The minimum absolute atomic E-state index is 0.741. The van der Waals surface area contributed by atoms with Crippen LogP contribution in [-0.2, 0) is 0 Å². The van der Waals surface area contributed by atoms with E-state index in [0.29, 0.717) is 0 Å². The van der Waals surface area contributed by atoms with Gasteiger partial charge in [-0.25, -0.2) is 9.97 Å². The Hall–Kier alpha value is -6.70. The summed E-state index contributed by atoms with van der Waals surface area (Å²) in [5.74, 6) is 0.741. The first-order valence-corrected chi connectivity index (χ1v) is 21.9. The van der Waals surface area contributed by atoms with E-state index in [1.807, 2.05) is 22.7 Å². The maximum absolute atomic E-state index is 5.52. The lowest BCUT2D eigenvalue weighted by Crippen LogP contribution is -1.98. The summed E-state index contributed by atoms with van der Waals surface area (Å²) in [6, 6.07) is 60.3. The van der Waals surface area contributed by atoms with Crippen LogP contribution in [0.25, 0.3) is 132 Å². The van der Waals surface area contributed by atoms with E-state index in [4.69, 9.17) is 9.97 Å². The zero-order valence-electron chi connectivity index (χ0n) is 30.7. The van der Waals surface area contributed by atoms with E-state index in [0.717, 1.165) is 43.9 Å². The molecule has 0 aliphatic carbocycles. The molecule has 0 amide bonds. The van der Waals surface area contributed by atoms with Gasteiger partial charge >= 0.3 is 0 Å². The Morgan fingerprint density at radius 2 is 1.00 bits per heavy atom. The Labute approximate surface area is 342 Å². The summed E-state index contributed by atoms with van der Waals surface area (Å²) in [6.07, 6.45) is 0. The molecule has 268 valence electrons. The number of hydrogen-bond acceptors (Lipinski definition) is 5.